The molecule has 1 aliphatic heterocycles. The molecule has 2 rings (SSSR count). The van der Waals surface area contributed by atoms with Crippen molar-refractivity contribution in [2.45, 2.75) is 43.4 Å². The van der Waals surface area contributed by atoms with Crippen LogP contribution in [-0.2, 0) is 16.6 Å². The molecule has 0 spiro atoms. The molecule has 2 unspecified atom stereocenters. The molecule has 19 heavy (non-hydrogen) atoms. The van der Waals surface area contributed by atoms with Crippen molar-refractivity contribution in [3.05, 3.63) is 18.0 Å². The third-order valence-corrected chi connectivity index (χ3v) is 5.23. The summed E-state index contributed by atoms with van der Waals surface area (Å²) >= 11 is 0. The molecule has 0 aliphatic carbocycles. The van der Waals surface area contributed by atoms with Gasteiger partial charge in [-0.05, 0) is 39.4 Å². The minimum absolute atomic E-state index is 0.0244. The number of aromatic amines is 1. The van der Waals surface area contributed by atoms with Crippen molar-refractivity contribution in [2.24, 2.45) is 0 Å². The molecule has 3 N–H and O–H groups in total. The quantitative estimate of drug-likeness (QED) is 0.742. The molecule has 1 aromatic heterocycles. The van der Waals surface area contributed by atoms with Crippen LogP contribution in [0.1, 0.15) is 25.5 Å². The predicted octanol–water partition coefficient (Wildman–Crippen LogP) is 0.268. The molecule has 0 amide bonds. The van der Waals surface area contributed by atoms with Gasteiger partial charge < -0.3 is 15.0 Å². The zero-order chi connectivity index (χ0) is 14.0. The molecule has 0 aromatic carbocycles. The van der Waals surface area contributed by atoms with E-state index in [2.05, 4.69) is 28.6 Å². The lowest BCUT2D eigenvalue weighted by molar-refractivity contribution is 0.178. The van der Waals surface area contributed by atoms with E-state index in [4.69, 9.17) is 5.11 Å². The van der Waals surface area contributed by atoms with E-state index >= 15 is 0 Å². The lowest BCUT2D eigenvalue weighted by Gasteiger charge is -2.35. The molecule has 0 saturated carbocycles. The molecule has 1 aliphatic rings. The van der Waals surface area contributed by atoms with Gasteiger partial charge in [0.25, 0.3) is 0 Å². The first kappa shape index (κ1) is 14.5. The van der Waals surface area contributed by atoms with Gasteiger partial charge in [-0.15, -0.1) is 0 Å². The number of hydrogen-bond acceptors (Lipinski definition) is 4. The van der Waals surface area contributed by atoms with Crippen molar-refractivity contribution >= 4 is 10.0 Å². The number of aromatic nitrogens is 1. The first-order valence-corrected chi connectivity index (χ1v) is 7.91. The van der Waals surface area contributed by atoms with E-state index in [0.29, 0.717) is 11.7 Å². The fourth-order valence-corrected chi connectivity index (χ4v) is 3.65. The van der Waals surface area contributed by atoms with Crippen LogP contribution < -0.4 is 4.72 Å². The second-order valence-corrected chi connectivity index (χ2v) is 6.90. The van der Waals surface area contributed by atoms with E-state index < -0.39 is 10.0 Å². The number of nitrogens with zero attached hydrogens (tertiary/aromatic N) is 1. The van der Waals surface area contributed by atoms with Crippen LogP contribution in [0.4, 0.5) is 0 Å². The maximum Gasteiger partial charge on any atom is 0.242 e. The van der Waals surface area contributed by atoms with Crippen molar-refractivity contribution < 1.29 is 13.5 Å². The molecular weight excluding hydrogens is 266 g/mol. The zero-order valence-electron chi connectivity index (χ0n) is 11.3. The summed E-state index contributed by atoms with van der Waals surface area (Å²) in [5.74, 6) is 0. The lowest BCUT2D eigenvalue weighted by Crippen LogP contribution is -2.47. The summed E-state index contributed by atoms with van der Waals surface area (Å²) in [4.78, 5) is 5.15. The highest BCUT2D eigenvalue weighted by molar-refractivity contribution is 7.89. The third kappa shape index (κ3) is 3.36. The second-order valence-electron chi connectivity index (χ2n) is 5.19. The van der Waals surface area contributed by atoms with E-state index in [9.17, 15) is 8.42 Å². The summed E-state index contributed by atoms with van der Waals surface area (Å²) < 4.78 is 27.1. The number of sulfonamides is 1. The van der Waals surface area contributed by atoms with Crippen molar-refractivity contribution in [3.8, 4) is 0 Å². The molecule has 108 valence electrons. The summed E-state index contributed by atoms with van der Waals surface area (Å²) in [7, 11) is -1.45. The van der Waals surface area contributed by atoms with Gasteiger partial charge in [-0.2, -0.15) is 0 Å². The van der Waals surface area contributed by atoms with Gasteiger partial charge in [-0.25, -0.2) is 13.1 Å². The first-order chi connectivity index (χ1) is 8.92. The van der Waals surface area contributed by atoms with Gasteiger partial charge in [0.05, 0.1) is 11.5 Å². The van der Waals surface area contributed by atoms with Gasteiger partial charge in [0.1, 0.15) is 0 Å². The number of aliphatic hydroxyl groups excluding tert-OH is 1. The molecule has 0 bridgehead atoms. The summed E-state index contributed by atoms with van der Waals surface area (Å²) in [6.45, 7) is 2.80. The molecule has 0 radical (unpaired) electrons. The Morgan fingerprint density at radius 2 is 2.32 bits per heavy atom. The van der Waals surface area contributed by atoms with E-state index in [0.717, 1.165) is 19.4 Å². The maximum atomic E-state index is 12.2. The van der Waals surface area contributed by atoms with Gasteiger partial charge in [0, 0.05) is 24.0 Å². The molecule has 1 aromatic rings. The van der Waals surface area contributed by atoms with Gasteiger partial charge in [-0.1, -0.05) is 0 Å². The average Bonchev–Trinajstić information content (AvgIpc) is 2.83. The van der Waals surface area contributed by atoms with Crippen LogP contribution in [0.5, 0.6) is 0 Å². The molecule has 7 heteroatoms. The van der Waals surface area contributed by atoms with Crippen LogP contribution >= 0.6 is 0 Å². The smallest absolute Gasteiger partial charge is 0.242 e. The highest BCUT2D eigenvalue weighted by Crippen LogP contribution is 2.18. The lowest BCUT2D eigenvalue weighted by atomic mass is 10.0. The summed E-state index contributed by atoms with van der Waals surface area (Å²) in [6, 6.07) is 1.81. The van der Waals surface area contributed by atoms with Gasteiger partial charge in [-0.3, -0.25) is 0 Å². The standard InChI is InChI=1S/C12H21N3O3S/c1-9-5-10(3-4-15(9)2)14-19(17,18)12-6-11(8-16)13-7-12/h6-7,9-10,13-14,16H,3-5,8H2,1-2H3. The van der Waals surface area contributed by atoms with E-state index in [1.54, 1.807) is 0 Å². The number of aliphatic hydroxyl groups is 1. The van der Waals surface area contributed by atoms with Crippen molar-refractivity contribution in [2.75, 3.05) is 13.6 Å². The molecular formula is C12H21N3O3S. The monoisotopic (exact) mass is 287 g/mol. The van der Waals surface area contributed by atoms with Crippen LogP contribution in [-0.4, -0.2) is 49.1 Å². The van der Waals surface area contributed by atoms with Crippen LogP contribution in [0, 0.1) is 0 Å². The van der Waals surface area contributed by atoms with Gasteiger partial charge >= 0.3 is 0 Å². The molecule has 2 heterocycles. The molecule has 1 fully saturated rings. The first-order valence-electron chi connectivity index (χ1n) is 6.43. The largest absolute Gasteiger partial charge is 0.390 e. The summed E-state index contributed by atoms with van der Waals surface area (Å²) in [5, 5.41) is 8.95. The summed E-state index contributed by atoms with van der Waals surface area (Å²) in [5.41, 5.74) is 0.497. The van der Waals surface area contributed by atoms with Gasteiger partial charge in [0.2, 0.25) is 10.0 Å². The number of nitrogens with one attached hydrogen (secondary N) is 2. The normalized spacial score (nSPS) is 25.6. The van der Waals surface area contributed by atoms with Crippen molar-refractivity contribution in [3.63, 3.8) is 0 Å². The Hall–Kier alpha value is -0.890. The molecule has 1 saturated heterocycles. The number of piperidine rings is 1. The fraction of sp³-hybridized carbons (Fsp3) is 0.667. The minimum atomic E-state index is -3.50. The highest BCUT2D eigenvalue weighted by atomic mass is 32.2. The second kappa shape index (κ2) is 5.62. The number of H-pyrrole nitrogens is 1. The van der Waals surface area contributed by atoms with Crippen molar-refractivity contribution in [1.29, 1.82) is 0 Å². The molecule has 2 atom stereocenters. The minimum Gasteiger partial charge on any atom is -0.390 e. The van der Waals surface area contributed by atoms with Crippen LogP contribution in [0.15, 0.2) is 17.2 Å². The Bertz CT molecular complexity index is 526. The Kier molecular flexibility index (Phi) is 4.29. The van der Waals surface area contributed by atoms with E-state index in [1.165, 1.54) is 12.3 Å². The SMILES string of the molecule is CC1CC(NS(=O)(=O)c2c[nH]c(CO)c2)CCN1C. The maximum absolute atomic E-state index is 12.2. The topological polar surface area (TPSA) is 85.4 Å². The Labute approximate surface area is 113 Å². The predicted molar refractivity (Wildman–Crippen MR) is 72.2 cm³/mol. The molecule has 6 nitrogen and oxygen atoms in total. The Morgan fingerprint density at radius 1 is 1.58 bits per heavy atom. The average molecular weight is 287 g/mol. The van der Waals surface area contributed by atoms with Crippen LogP contribution in [0.25, 0.3) is 0 Å². The fourth-order valence-electron chi connectivity index (χ4n) is 2.35. The van der Waals surface area contributed by atoms with E-state index in [1.807, 2.05) is 0 Å². The number of hydrogen-bond donors (Lipinski definition) is 3. The Morgan fingerprint density at radius 3 is 2.89 bits per heavy atom. The zero-order valence-corrected chi connectivity index (χ0v) is 12.1. The van der Waals surface area contributed by atoms with Crippen LogP contribution in [0.3, 0.4) is 0 Å². The van der Waals surface area contributed by atoms with E-state index in [-0.39, 0.29) is 17.5 Å². The number of rotatable bonds is 4. The van der Waals surface area contributed by atoms with Gasteiger partial charge in [0.15, 0.2) is 0 Å². The third-order valence-electron chi connectivity index (χ3n) is 3.73. The van der Waals surface area contributed by atoms with Crippen molar-refractivity contribution in [1.82, 2.24) is 14.6 Å². The number of likely N-dealkylation sites (tertiary alicyclic amines) is 1. The van der Waals surface area contributed by atoms with Crippen LogP contribution in [0.2, 0.25) is 0 Å². The Balaban J connectivity index is 2.05. The summed E-state index contributed by atoms with van der Waals surface area (Å²) in [6.07, 6.45) is 3.04. The highest BCUT2D eigenvalue weighted by Gasteiger charge is 2.27.